The first kappa shape index (κ1) is 14.3. The van der Waals surface area contributed by atoms with Crippen LogP contribution in [0.3, 0.4) is 0 Å². The van der Waals surface area contributed by atoms with Gasteiger partial charge in [0.05, 0.1) is 13.7 Å². The molecule has 20 heavy (non-hydrogen) atoms. The highest BCUT2D eigenvalue weighted by atomic mass is 16.5. The highest BCUT2D eigenvalue weighted by Crippen LogP contribution is 2.31. The molecule has 3 N–H and O–H groups in total. The minimum absolute atomic E-state index is 0.0437. The van der Waals surface area contributed by atoms with Crippen LogP contribution in [0.5, 0.6) is 17.4 Å². The number of methoxy groups -OCH3 is 1. The molecule has 5 nitrogen and oxygen atoms in total. The van der Waals surface area contributed by atoms with Crippen molar-refractivity contribution in [1.29, 1.82) is 0 Å². The maximum atomic E-state index is 9.10. The molecule has 0 aliphatic rings. The fraction of sp³-hybridized carbons (Fsp3) is 0.267. The Kier molecular flexibility index (Phi) is 4.55. The van der Waals surface area contributed by atoms with Crippen molar-refractivity contribution in [2.75, 3.05) is 7.11 Å². The number of benzene rings is 1. The summed E-state index contributed by atoms with van der Waals surface area (Å²) in [5.74, 6) is 1.56. The number of aromatic nitrogens is 1. The molecule has 1 aromatic heterocycles. The zero-order valence-electron chi connectivity index (χ0n) is 11.5. The summed E-state index contributed by atoms with van der Waals surface area (Å²) in [6, 6.07) is 8.82. The number of hydrogen-bond acceptors (Lipinski definition) is 5. The molecule has 2 aromatic rings. The lowest BCUT2D eigenvalue weighted by molar-refractivity contribution is 0.280. The molecule has 0 aliphatic heterocycles. The van der Waals surface area contributed by atoms with Gasteiger partial charge in [-0.2, -0.15) is 0 Å². The summed E-state index contributed by atoms with van der Waals surface area (Å²) >= 11 is 0. The Labute approximate surface area is 118 Å². The molecule has 0 unspecified atom stereocenters. The van der Waals surface area contributed by atoms with Crippen molar-refractivity contribution in [3.8, 4) is 17.4 Å². The first-order valence-electron chi connectivity index (χ1n) is 6.31. The van der Waals surface area contributed by atoms with Crippen LogP contribution in [0.15, 0.2) is 36.5 Å². The predicted molar refractivity (Wildman–Crippen MR) is 75.8 cm³/mol. The van der Waals surface area contributed by atoms with Gasteiger partial charge in [0.15, 0.2) is 11.5 Å². The SMILES string of the molecule is COc1cc(CO)ccc1Oc1ccc([C@H](C)N)cn1. The fourth-order valence-electron chi connectivity index (χ4n) is 1.73. The largest absolute Gasteiger partial charge is 0.493 e. The predicted octanol–water partition coefficient (Wildman–Crippen LogP) is 2.39. The maximum Gasteiger partial charge on any atom is 0.219 e. The van der Waals surface area contributed by atoms with Gasteiger partial charge in [0, 0.05) is 18.3 Å². The Balaban J connectivity index is 2.20. The van der Waals surface area contributed by atoms with Crippen LogP contribution in [0.2, 0.25) is 0 Å². The van der Waals surface area contributed by atoms with E-state index >= 15 is 0 Å². The van der Waals surface area contributed by atoms with Crippen LogP contribution in [0.4, 0.5) is 0 Å². The molecule has 1 heterocycles. The van der Waals surface area contributed by atoms with E-state index in [1.54, 1.807) is 37.6 Å². The summed E-state index contributed by atoms with van der Waals surface area (Å²) in [5.41, 5.74) is 7.47. The Morgan fingerprint density at radius 1 is 1.25 bits per heavy atom. The molecule has 0 spiro atoms. The van der Waals surface area contributed by atoms with E-state index in [9.17, 15) is 0 Å². The smallest absolute Gasteiger partial charge is 0.219 e. The van der Waals surface area contributed by atoms with E-state index in [1.165, 1.54) is 0 Å². The van der Waals surface area contributed by atoms with Crippen LogP contribution >= 0.6 is 0 Å². The monoisotopic (exact) mass is 274 g/mol. The summed E-state index contributed by atoms with van der Waals surface area (Å²) < 4.78 is 10.9. The number of pyridine rings is 1. The minimum atomic E-state index is -0.0603. The van der Waals surface area contributed by atoms with Crippen LogP contribution in [0.25, 0.3) is 0 Å². The van der Waals surface area contributed by atoms with Gasteiger partial charge in [-0.1, -0.05) is 12.1 Å². The molecule has 106 valence electrons. The van der Waals surface area contributed by atoms with Crippen LogP contribution in [0, 0.1) is 0 Å². The van der Waals surface area contributed by atoms with Crippen molar-refractivity contribution in [2.24, 2.45) is 5.73 Å². The maximum absolute atomic E-state index is 9.10. The highest BCUT2D eigenvalue weighted by molar-refractivity contribution is 5.44. The van der Waals surface area contributed by atoms with Gasteiger partial charge in [-0.3, -0.25) is 0 Å². The molecule has 2 rings (SSSR count). The van der Waals surface area contributed by atoms with E-state index < -0.39 is 0 Å². The van der Waals surface area contributed by atoms with Gasteiger partial charge in [-0.15, -0.1) is 0 Å². The Hall–Kier alpha value is -2.11. The third-order valence-electron chi connectivity index (χ3n) is 2.91. The Bertz CT molecular complexity index is 568. The van der Waals surface area contributed by atoms with Gasteiger partial charge in [0.2, 0.25) is 5.88 Å². The van der Waals surface area contributed by atoms with E-state index in [4.69, 9.17) is 20.3 Å². The lowest BCUT2D eigenvalue weighted by Gasteiger charge is -2.11. The van der Waals surface area contributed by atoms with Crippen LogP contribution in [0.1, 0.15) is 24.1 Å². The second-order valence-corrected chi connectivity index (χ2v) is 4.46. The molecule has 0 saturated carbocycles. The zero-order chi connectivity index (χ0) is 14.5. The van der Waals surface area contributed by atoms with Crippen molar-refractivity contribution >= 4 is 0 Å². The Morgan fingerprint density at radius 2 is 2.05 bits per heavy atom. The molecule has 0 radical (unpaired) electrons. The van der Waals surface area contributed by atoms with Gasteiger partial charge in [-0.05, 0) is 30.2 Å². The van der Waals surface area contributed by atoms with Crippen LogP contribution in [-0.2, 0) is 6.61 Å². The van der Waals surface area contributed by atoms with Crippen molar-refractivity contribution in [2.45, 2.75) is 19.6 Å². The molecule has 0 saturated heterocycles. The lowest BCUT2D eigenvalue weighted by atomic mass is 10.2. The lowest BCUT2D eigenvalue weighted by Crippen LogP contribution is -2.05. The van der Waals surface area contributed by atoms with E-state index in [2.05, 4.69) is 4.98 Å². The first-order chi connectivity index (χ1) is 9.63. The number of ether oxygens (including phenoxy) is 2. The molecule has 1 aromatic carbocycles. The van der Waals surface area contributed by atoms with Gasteiger partial charge >= 0.3 is 0 Å². The molecule has 0 aliphatic carbocycles. The molecular formula is C15H18N2O3. The second kappa shape index (κ2) is 6.36. The first-order valence-corrected chi connectivity index (χ1v) is 6.31. The molecule has 0 fully saturated rings. The van der Waals surface area contributed by atoms with Crippen molar-refractivity contribution < 1.29 is 14.6 Å². The van der Waals surface area contributed by atoms with E-state index in [-0.39, 0.29) is 12.6 Å². The Morgan fingerprint density at radius 3 is 2.60 bits per heavy atom. The van der Waals surface area contributed by atoms with Crippen molar-refractivity contribution in [1.82, 2.24) is 4.98 Å². The van der Waals surface area contributed by atoms with Crippen molar-refractivity contribution in [3.63, 3.8) is 0 Å². The van der Waals surface area contributed by atoms with Crippen molar-refractivity contribution in [3.05, 3.63) is 47.7 Å². The zero-order valence-corrected chi connectivity index (χ0v) is 11.5. The summed E-state index contributed by atoms with van der Waals surface area (Å²) in [4.78, 5) is 4.21. The van der Waals surface area contributed by atoms with Crippen LogP contribution < -0.4 is 15.2 Å². The molecule has 0 bridgehead atoms. The topological polar surface area (TPSA) is 77.6 Å². The third kappa shape index (κ3) is 3.26. The summed E-state index contributed by atoms with van der Waals surface area (Å²) in [6.45, 7) is 1.85. The van der Waals surface area contributed by atoms with Crippen LogP contribution in [-0.4, -0.2) is 17.2 Å². The minimum Gasteiger partial charge on any atom is -0.493 e. The number of aliphatic hydroxyl groups excluding tert-OH is 1. The average Bonchev–Trinajstić information content (AvgIpc) is 2.48. The summed E-state index contributed by atoms with van der Waals surface area (Å²) in [6.07, 6.45) is 1.69. The number of aliphatic hydroxyl groups is 1. The number of hydrogen-bond donors (Lipinski definition) is 2. The molecule has 5 heteroatoms. The number of nitrogens with zero attached hydrogens (tertiary/aromatic N) is 1. The van der Waals surface area contributed by atoms with Gasteiger partial charge < -0.3 is 20.3 Å². The van der Waals surface area contributed by atoms with Gasteiger partial charge in [-0.25, -0.2) is 4.98 Å². The van der Waals surface area contributed by atoms with E-state index in [0.29, 0.717) is 17.4 Å². The molecular weight excluding hydrogens is 256 g/mol. The molecule has 1 atom stereocenters. The third-order valence-corrected chi connectivity index (χ3v) is 2.91. The average molecular weight is 274 g/mol. The summed E-state index contributed by atoms with van der Waals surface area (Å²) in [5, 5.41) is 9.10. The van der Waals surface area contributed by atoms with Gasteiger partial charge in [0.25, 0.3) is 0 Å². The van der Waals surface area contributed by atoms with E-state index in [1.807, 2.05) is 13.0 Å². The summed E-state index contributed by atoms with van der Waals surface area (Å²) in [7, 11) is 1.55. The second-order valence-electron chi connectivity index (χ2n) is 4.46. The highest BCUT2D eigenvalue weighted by Gasteiger charge is 2.08. The standard InChI is InChI=1S/C15H18N2O3/c1-10(16)12-4-6-15(17-8-12)20-13-5-3-11(9-18)7-14(13)19-2/h3-8,10,18H,9,16H2,1-2H3/t10-/m0/s1. The fourth-order valence-corrected chi connectivity index (χ4v) is 1.73. The molecule has 0 amide bonds. The van der Waals surface area contributed by atoms with E-state index in [0.717, 1.165) is 11.1 Å². The quantitative estimate of drug-likeness (QED) is 0.875. The number of rotatable bonds is 5. The number of nitrogens with two attached hydrogens (primary N) is 1. The van der Waals surface area contributed by atoms with Gasteiger partial charge in [0.1, 0.15) is 0 Å². The normalized spacial score (nSPS) is 12.0.